The summed E-state index contributed by atoms with van der Waals surface area (Å²) >= 11 is 10.8. The van der Waals surface area contributed by atoms with Crippen molar-refractivity contribution in [3.63, 3.8) is 0 Å². The Hall–Kier alpha value is -0.510. The SMILES string of the molecule is Clc1cc(COc2ccccc2Br)cs1. The molecule has 0 spiro atoms. The Kier molecular flexibility index (Phi) is 3.67. The van der Waals surface area contributed by atoms with Crippen LogP contribution in [0.5, 0.6) is 5.75 Å². The van der Waals surface area contributed by atoms with Gasteiger partial charge in [0.05, 0.1) is 8.81 Å². The van der Waals surface area contributed by atoms with Crippen molar-refractivity contribution < 1.29 is 4.74 Å². The van der Waals surface area contributed by atoms with Crippen molar-refractivity contribution in [3.05, 3.63) is 50.1 Å². The number of rotatable bonds is 3. The zero-order valence-corrected chi connectivity index (χ0v) is 10.9. The Morgan fingerprint density at radius 2 is 2.13 bits per heavy atom. The van der Waals surface area contributed by atoms with Crippen LogP contribution in [0.15, 0.2) is 40.2 Å². The average Bonchev–Trinajstić information content (AvgIpc) is 2.63. The third kappa shape index (κ3) is 2.97. The number of hydrogen-bond acceptors (Lipinski definition) is 2. The largest absolute Gasteiger partial charge is 0.488 e. The second-order valence-corrected chi connectivity index (χ2v) is 5.38. The van der Waals surface area contributed by atoms with Crippen LogP contribution in [0.4, 0.5) is 0 Å². The molecule has 0 aliphatic heterocycles. The maximum atomic E-state index is 5.83. The van der Waals surface area contributed by atoms with Gasteiger partial charge in [-0.05, 0) is 39.5 Å². The Labute approximate surface area is 106 Å². The van der Waals surface area contributed by atoms with E-state index in [0.29, 0.717) is 6.61 Å². The number of thiophene rings is 1. The molecule has 0 amide bonds. The summed E-state index contributed by atoms with van der Waals surface area (Å²) in [6, 6.07) is 9.70. The van der Waals surface area contributed by atoms with Crippen LogP contribution in [-0.2, 0) is 6.61 Å². The van der Waals surface area contributed by atoms with Crippen LogP contribution < -0.4 is 4.74 Å². The zero-order chi connectivity index (χ0) is 10.7. The van der Waals surface area contributed by atoms with E-state index in [1.807, 2.05) is 35.7 Å². The molecule has 1 aromatic heterocycles. The van der Waals surface area contributed by atoms with Gasteiger partial charge in [0.2, 0.25) is 0 Å². The van der Waals surface area contributed by atoms with E-state index in [1.54, 1.807) is 0 Å². The van der Waals surface area contributed by atoms with Gasteiger partial charge in [0.25, 0.3) is 0 Å². The van der Waals surface area contributed by atoms with Crippen molar-refractivity contribution in [2.45, 2.75) is 6.61 Å². The molecule has 2 rings (SSSR count). The van der Waals surface area contributed by atoms with Crippen LogP contribution in [0.3, 0.4) is 0 Å². The van der Waals surface area contributed by atoms with Gasteiger partial charge in [-0.1, -0.05) is 23.7 Å². The Morgan fingerprint density at radius 3 is 2.80 bits per heavy atom. The van der Waals surface area contributed by atoms with Crippen molar-refractivity contribution in [3.8, 4) is 5.75 Å². The van der Waals surface area contributed by atoms with Crippen LogP contribution >= 0.6 is 38.9 Å². The van der Waals surface area contributed by atoms with E-state index < -0.39 is 0 Å². The summed E-state index contributed by atoms with van der Waals surface area (Å²) in [6.07, 6.45) is 0. The molecule has 1 aromatic carbocycles. The molecule has 1 nitrogen and oxygen atoms in total. The van der Waals surface area contributed by atoms with E-state index in [1.165, 1.54) is 11.3 Å². The molecule has 1 heterocycles. The molecular formula is C11H8BrClOS. The van der Waals surface area contributed by atoms with Gasteiger partial charge in [-0.25, -0.2) is 0 Å². The van der Waals surface area contributed by atoms with Crippen molar-refractivity contribution in [1.82, 2.24) is 0 Å². The maximum absolute atomic E-state index is 5.83. The molecular weight excluding hydrogens is 296 g/mol. The first-order chi connectivity index (χ1) is 7.25. The lowest BCUT2D eigenvalue weighted by Crippen LogP contribution is -1.93. The van der Waals surface area contributed by atoms with Crippen LogP contribution in [-0.4, -0.2) is 0 Å². The van der Waals surface area contributed by atoms with Gasteiger partial charge in [0.15, 0.2) is 0 Å². The minimum absolute atomic E-state index is 0.547. The van der Waals surface area contributed by atoms with Crippen LogP contribution in [0.2, 0.25) is 4.34 Å². The molecule has 0 unspecified atom stereocenters. The van der Waals surface area contributed by atoms with Gasteiger partial charge in [0.1, 0.15) is 12.4 Å². The fourth-order valence-corrected chi connectivity index (χ4v) is 2.44. The fraction of sp³-hybridized carbons (Fsp3) is 0.0909. The number of benzene rings is 1. The Balaban J connectivity index is 2.02. The highest BCUT2D eigenvalue weighted by Crippen LogP contribution is 2.26. The monoisotopic (exact) mass is 302 g/mol. The lowest BCUT2D eigenvalue weighted by atomic mass is 10.3. The lowest BCUT2D eigenvalue weighted by molar-refractivity contribution is 0.305. The zero-order valence-electron chi connectivity index (χ0n) is 7.74. The summed E-state index contributed by atoms with van der Waals surface area (Å²) in [5.74, 6) is 0.847. The first-order valence-electron chi connectivity index (χ1n) is 4.36. The smallest absolute Gasteiger partial charge is 0.133 e. The first kappa shape index (κ1) is 11.0. The molecule has 0 aliphatic rings. The molecule has 0 atom stereocenters. The molecule has 4 heteroatoms. The van der Waals surface area contributed by atoms with Gasteiger partial charge < -0.3 is 4.74 Å². The molecule has 0 saturated carbocycles. The summed E-state index contributed by atoms with van der Waals surface area (Å²) in [4.78, 5) is 0. The first-order valence-corrected chi connectivity index (χ1v) is 6.41. The van der Waals surface area contributed by atoms with Crippen molar-refractivity contribution in [2.24, 2.45) is 0 Å². The van der Waals surface area contributed by atoms with Crippen molar-refractivity contribution in [1.29, 1.82) is 0 Å². The van der Waals surface area contributed by atoms with Gasteiger partial charge in [-0.3, -0.25) is 0 Å². The summed E-state index contributed by atoms with van der Waals surface area (Å²) < 4.78 is 7.39. The van der Waals surface area contributed by atoms with Gasteiger partial charge >= 0.3 is 0 Å². The molecule has 78 valence electrons. The molecule has 0 saturated heterocycles. The molecule has 0 aliphatic carbocycles. The van der Waals surface area contributed by atoms with Crippen molar-refractivity contribution in [2.75, 3.05) is 0 Å². The maximum Gasteiger partial charge on any atom is 0.133 e. The Morgan fingerprint density at radius 1 is 1.33 bits per heavy atom. The number of ether oxygens (including phenoxy) is 1. The van der Waals surface area contributed by atoms with E-state index in [2.05, 4.69) is 15.9 Å². The molecule has 0 bridgehead atoms. The number of para-hydroxylation sites is 1. The lowest BCUT2D eigenvalue weighted by Gasteiger charge is -2.06. The normalized spacial score (nSPS) is 10.3. The van der Waals surface area contributed by atoms with Crippen molar-refractivity contribution >= 4 is 38.9 Å². The number of hydrogen-bond donors (Lipinski definition) is 0. The van der Waals surface area contributed by atoms with E-state index in [9.17, 15) is 0 Å². The molecule has 15 heavy (non-hydrogen) atoms. The second kappa shape index (κ2) is 5.01. The third-order valence-electron chi connectivity index (χ3n) is 1.85. The summed E-state index contributed by atoms with van der Waals surface area (Å²) in [5.41, 5.74) is 1.10. The van der Waals surface area contributed by atoms with Gasteiger partial charge in [0, 0.05) is 5.56 Å². The van der Waals surface area contributed by atoms with Crippen LogP contribution in [0.25, 0.3) is 0 Å². The fourth-order valence-electron chi connectivity index (χ4n) is 1.14. The van der Waals surface area contributed by atoms with Gasteiger partial charge in [-0.15, -0.1) is 11.3 Å². The highest BCUT2D eigenvalue weighted by molar-refractivity contribution is 9.10. The standard InChI is InChI=1S/C11H8BrClOS/c12-9-3-1-2-4-10(9)14-6-8-5-11(13)15-7-8/h1-5,7H,6H2. The number of halogens is 2. The van der Waals surface area contributed by atoms with E-state index in [-0.39, 0.29) is 0 Å². The molecule has 0 fully saturated rings. The Bertz CT molecular complexity index is 455. The predicted octanol–water partition coefficient (Wildman–Crippen LogP) is 4.74. The highest BCUT2D eigenvalue weighted by Gasteiger charge is 2.01. The van der Waals surface area contributed by atoms with Crippen LogP contribution in [0, 0.1) is 0 Å². The van der Waals surface area contributed by atoms with E-state index in [4.69, 9.17) is 16.3 Å². The second-order valence-electron chi connectivity index (χ2n) is 2.98. The summed E-state index contributed by atoms with van der Waals surface area (Å²) in [7, 11) is 0. The minimum atomic E-state index is 0.547. The molecule has 0 N–H and O–H groups in total. The average molecular weight is 304 g/mol. The summed E-state index contributed by atoms with van der Waals surface area (Å²) in [6.45, 7) is 0.547. The summed E-state index contributed by atoms with van der Waals surface area (Å²) in [5, 5.41) is 2.00. The van der Waals surface area contributed by atoms with Crippen LogP contribution in [0.1, 0.15) is 5.56 Å². The topological polar surface area (TPSA) is 9.23 Å². The van der Waals surface area contributed by atoms with Gasteiger partial charge in [-0.2, -0.15) is 0 Å². The van der Waals surface area contributed by atoms with E-state index in [0.717, 1.165) is 20.1 Å². The predicted molar refractivity (Wildman–Crippen MR) is 67.8 cm³/mol. The van der Waals surface area contributed by atoms with E-state index >= 15 is 0 Å². The molecule has 0 radical (unpaired) electrons. The highest BCUT2D eigenvalue weighted by atomic mass is 79.9. The quantitative estimate of drug-likeness (QED) is 0.795. The minimum Gasteiger partial charge on any atom is -0.488 e. The third-order valence-corrected chi connectivity index (χ3v) is 3.65. The molecule has 2 aromatic rings.